The number of likely N-dealkylation sites (tertiary alicyclic amines) is 1. The Labute approximate surface area is 141 Å². The van der Waals surface area contributed by atoms with Crippen molar-refractivity contribution in [1.29, 1.82) is 0 Å². The average molecular weight is 322 g/mol. The fraction of sp³-hybridized carbons (Fsp3) is 0.889. The number of nitrogens with one attached hydrogen (secondary N) is 2. The van der Waals surface area contributed by atoms with E-state index in [4.69, 9.17) is 0 Å². The second kappa shape index (κ2) is 8.55. The molecule has 2 aliphatic rings. The number of rotatable bonds is 7. The molecule has 0 aromatic rings. The number of guanidine groups is 1. The van der Waals surface area contributed by atoms with Crippen LogP contribution in [0.25, 0.3) is 0 Å². The van der Waals surface area contributed by atoms with Gasteiger partial charge in [-0.2, -0.15) is 0 Å². The van der Waals surface area contributed by atoms with Crippen molar-refractivity contribution in [2.24, 2.45) is 10.4 Å². The highest BCUT2D eigenvalue weighted by Crippen LogP contribution is 2.33. The summed E-state index contributed by atoms with van der Waals surface area (Å²) < 4.78 is 0. The van der Waals surface area contributed by atoms with E-state index in [1.807, 2.05) is 7.05 Å². The topological polar surface area (TPSA) is 56.7 Å². The van der Waals surface area contributed by atoms with Gasteiger partial charge in [0.25, 0.3) is 0 Å². The quantitative estimate of drug-likeness (QED) is 0.430. The lowest BCUT2D eigenvalue weighted by Crippen LogP contribution is -2.50. The summed E-state index contributed by atoms with van der Waals surface area (Å²) in [6.07, 6.45) is 8.85. The van der Waals surface area contributed by atoms with Gasteiger partial charge in [0, 0.05) is 39.1 Å². The maximum absolute atomic E-state index is 11.7. The maximum atomic E-state index is 11.7. The average Bonchev–Trinajstić information content (AvgIpc) is 3.31. The van der Waals surface area contributed by atoms with Gasteiger partial charge in [-0.05, 0) is 43.9 Å². The Bertz CT molecular complexity index is 415. The van der Waals surface area contributed by atoms with E-state index >= 15 is 0 Å². The highest BCUT2D eigenvalue weighted by atomic mass is 16.1. The molecule has 2 N–H and O–H groups in total. The molecule has 1 atom stereocenters. The lowest BCUT2D eigenvalue weighted by atomic mass is 9.78. The first-order chi connectivity index (χ1) is 11.1. The van der Waals surface area contributed by atoms with Crippen LogP contribution in [0.3, 0.4) is 0 Å². The summed E-state index contributed by atoms with van der Waals surface area (Å²) in [5.74, 6) is 1.19. The monoisotopic (exact) mass is 322 g/mol. The minimum Gasteiger partial charge on any atom is -0.356 e. The Morgan fingerprint density at radius 3 is 2.83 bits per heavy atom. The van der Waals surface area contributed by atoms with Gasteiger partial charge in [0.1, 0.15) is 0 Å². The number of amides is 1. The summed E-state index contributed by atoms with van der Waals surface area (Å²) in [4.78, 5) is 18.5. The Kier molecular flexibility index (Phi) is 6.72. The van der Waals surface area contributed by atoms with Gasteiger partial charge in [0.05, 0.1) is 0 Å². The van der Waals surface area contributed by atoms with Gasteiger partial charge in [-0.3, -0.25) is 9.79 Å². The number of nitrogens with zero attached hydrogens (tertiary/aromatic N) is 2. The molecule has 1 aliphatic heterocycles. The van der Waals surface area contributed by atoms with Gasteiger partial charge < -0.3 is 15.5 Å². The predicted octanol–water partition coefficient (Wildman–Crippen LogP) is 2.52. The van der Waals surface area contributed by atoms with E-state index in [0.717, 1.165) is 44.9 Å². The number of aliphatic imine (C=N–C) groups is 1. The van der Waals surface area contributed by atoms with Crippen molar-refractivity contribution >= 4 is 11.9 Å². The minimum atomic E-state index is 0.192. The smallest absolute Gasteiger partial charge is 0.220 e. The third-order valence-corrected chi connectivity index (χ3v) is 4.95. The van der Waals surface area contributed by atoms with E-state index in [-0.39, 0.29) is 5.91 Å². The molecule has 2 rings (SSSR count). The second-order valence-corrected chi connectivity index (χ2v) is 7.51. The van der Waals surface area contributed by atoms with E-state index in [0.29, 0.717) is 17.9 Å². The Morgan fingerprint density at radius 1 is 1.39 bits per heavy atom. The Balaban J connectivity index is 1.70. The van der Waals surface area contributed by atoms with Crippen LogP contribution in [-0.2, 0) is 4.79 Å². The van der Waals surface area contributed by atoms with E-state index in [1.165, 1.54) is 25.7 Å². The largest absolute Gasteiger partial charge is 0.356 e. The van der Waals surface area contributed by atoms with E-state index < -0.39 is 0 Å². The summed E-state index contributed by atoms with van der Waals surface area (Å²) in [6.45, 7) is 7.65. The summed E-state index contributed by atoms with van der Waals surface area (Å²) in [6, 6.07) is 0.466. The molecule has 0 aromatic carbocycles. The van der Waals surface area contributed by atoms with Crippen LogP contribution >= 0.6 is 0 Å². The van der Waals surface area contributed by atoms with Gasteiger partial charge in [0.15, 0.2) is 5.96 Å². The first-order valence-electron chi connectivity index (χ1n) is 9.31. The molecule has 1 unspecified atom stereocenters. The third kappa shape index (κ3) is 6.04. The lowest BCUT2D eigenvalue weighted by Gasteiger charge is -2.42. The first-order valence-corrected chi connectivity index (χ1v) is 9.31. The molecule has 132 valence electrons. The Morgan fingerprint density at radius 2 is 2.17 bits per heavy atom. The van der Waals surface area contributed by atoms with Crippen molar-refractivity contribution in [3.8, 4) is 0 Å². The fourth-order valence-corrected chi connectivity index (χ4v) is 3.61. The van der Waals surface area contributed by atoms with Crippen LogP contribution < -0.4 is 10.6 Å². The van der Waals surface area contributed by atoms with Crippen molar-refractivity contribution in [3.05, 3.63) is 0 Å². The summed E-state index contributed by atoms with van der Waals surface area (Å²) in [5.41, 5.74) is 0.411. The summed E-state index contributed by atoms with van der Waals surface area (Å²) in [5, 5.41) is 6.48. The summed E-state index contributed by atoms with van der Waals surface area (Å²) >= 11 is 0. The molecule has 0 aromatic heterocycles. The van der Waals surface area contributed by atoms with Crippen molar-refractivity contribution < 1.29 is 4.79 Å². The van der Waals surface area contributed by atoms with Gasteiger partial charge in [-0.25, -0.2) is 0 Å². The normalized spacial score (nSPS) is 25.3. The molecule has 0 radical (unpaired) electrons. The molecular formula is C18H34N4O. The van der Waals surface area contributed by atoms with Crippen LogP contribution in [-0.4, -0.2) is 49.5 Å². The van der Waals surface area contributed by atoms with Crippen molar-refractivity contribution in [1.82, 2.24) is 15.5 Å². The highest BCUT2D eigenvalue weighted by molar-refractivity contribution is 5.80. The molecular weight excluding hydrogens is 288 g/mol. The number of hydrogen-bond acceptors (Lipinski definition) is 2. The number of hydrogen-bond donors (Lipinski definition) is 2. The van der Waals surface area contributed by atoms with Gasteiger partial charge in [0.2, 0.25) is 5.91 Å². The molecule has 0 spiro atoms. The fourth-order valence-electron chi connectivity index (χ4n) is 3.61. The highest BCUT2D eigenvalue weighted by Gasteiger charge is 2.31. The molecule has 2 fully saturated rings. The molecule has 5 heteroatoms. The zero-order chi connectivity index (χ0) is 16.7. The zero-order valence-corrected chi connectivity index (χ0v) is 15.2. The molecule has 0 bridgehead atoms. The molecule has 5 nitrogen and oxygen atoms in total. The van der Waals surface area contributed by atoms with Gasteiger partial charge in [-0.15, -0.1) is 0 Å². The van der Waals surface area contributed by atoms with Crippen LogP contribution in [0.15, 0.2) is 4.99 Å². The van der Waals surface area contributed by atoms with Crippen LogP contribution in [0.1, 0.15) is 65.2 Å². The molecule has 23 heavy (non-hydrogen) atoms. The predicted molar refractivity (Wildman–Crippen MR) is 95.6 cm³/mol. The zero-order valence-electron chi connectivity index (χ0n) is 15.2. The maximum Gasteiger partial charge on any atom is 0.220 e. The van der Waals surface area contributed by atoms with Crippen molar-refractivity contribution in [2.45, 2.75) is 71.3 Å². The number of piperidine rings is 1. The molecule has 1 aliphatic carbocycles. The number of carbonyl (C=O) groups excluding carboxylic acids is 1. The van der Waals surface area contributed by atoms with E-state index in [9.17, 15) is 4.79 Å². The Hall–Kier alpha value is -1.26. The number of carbonyl (C=O) groups is 1. The van der Waals surface area contributed by atoms with E-state index in [1.54, 1.807) is 0 Å². The SMILES string of the molecule is CCCC1(C)CCCN(C(=NC)NCCCC(=O)NC2CC2)C1. The summed E-state index contributed by atoms with van der Waals surface area (Å²) in [7, 11) is 1.86. The van der Waals surface area contributed by atoms with Gasteiger partial charge in [-0.1, -0.05) is 20.3 Å². The van der Waals surface area contributed by atoms with Crippen molar-refractivity contribution in [2.75, 3.05) is 26.7 Å². The van der Waals surface area contributed by atoms with Crippen LogP contribution in [0, 0.1) is 5.41 Å². The second-order valence-electron chi connectivity index (χ2n) is 7.51. The van der Waals surface area contributed by atoms with E-state index in [2.05, 4.69) is 34.4 Å². The standard InChI is InChI=1S/C18H34N4O/c1-4-10-18(2)11-6-13-22(14-18)17(19-3)20-12-5-7-16(23)21-15-8-9-15/h15H,4-14H2,1-3H3,(H,19,20)(H,21,23). The van der Waals surface area contributed by atoms with Crippen LogP contribution in [0.2, 0.25) is 0 Å². The molecule has 1 heterocycles. The lowest BCUT2D eigenvalue weighted by molar-refractivity contribution is -0.121. The first kappa shape index (κ1) is 18.1. The minimum absolute atomic E-state index is 0.192. The molecule has 1 amide bonds. The molecule has 1 saturated carbocycles. The van der Waals surface area contributed by atoms with Gasteiger partial charge >= 0.3 is 0 Å². The van der Waals surface area contributed by atoms with Crippen molar-refractivity contribution in [3.63, 3.8) is 0 Å². The van der Waals surface area contributed by atoms with Crippen LogP contribution in [0.5, 0.6) is 0 Å². The third-order valence-electron chi connectivity index (χ3n) is 4.95. The molecule has 1 saturated heterocycles. The van der Waals surface area contributed by atoms with Crippen LogP contribution in [0.4, 0.5) is 0 Å².